The fourth-order valence-corrected chi connectivity index (χ4v) is 3.77. The van der Waals surface area contributed by atoms with Crippen molar-refractivity contribution < 1.29 is 0 Å². The first kappa shape index (κ1) is 16.4. The van der Waals surface area contributed by atoms with Crippen molar-refractivity contribution in [1.82, 2.24) is 10.2 Å². The van der Waals surface area contributed by atoms with Crippen LogP contribution in [-0.2, 0) is 0 Å². The lowest BCUT2D eigenvalue weighted by Gasteiger charge is -2.29. The standard InChI is InChI=1S/C20H23ClN4/c1-24-18-7-3-2-6-16(18)20(25-12-4-10-22-11-5-13-25)23-17-14-15(21)8-9-19(17)24/h2-3,6-9,14,22H,4-5,10-13H2,1H3. The molecule has 1 fully saturated rings. The van der Waals surface area contributed by atoms with E-state index in [1.54, 1.807) is 0 Å². The van der Waals surface area contributed by atoms with Gasteiger partial charge in [-0.05, 0) is 56.3 Å². The van der Waals surface area contributed by atoms with Crippen LogP contribution in [-0.4, -0.2) is 44.0 Å². The minimum atomic E-state index is 0.720. The molecule has 2 heterocycles. The van der Waals surface area contributed by atoms with Gasteiger partial charge in [0.25, 0.3) is 0 Å². The fourth-order valence-electron chi connectivity index (χ4n) is 3.61. The summed E-state index contributed by atoms with van der Waals surface area (Å²) < 4.78 is 0. The zero-order chi connectivity index (χ0) is 17.2. The van der Waals surface area contributed by atoms with Gasteiger partial charge in [0, 0.05) is 30.7 Å². The summed E-state index contributed by atoms with van der Waals surface area (Å²) in [5, 5.41) is 4.20. The van der Waals surface area contributed by atoms with Crippen LogP contribution in [0.3, 0.4) is 0 Å². The number of aliphatic imine (C=N–C) groups is 1. The molecular weight excluding hydrogens is 332 g/mol. The SMILES string of the molecule is CN1c2ccc(Cl)cc2N=C(N2CCCNCCC2)c2ccccc21. The maximum atomic E-state index is 6.26. The Kier molecular flexibility index (Phi) is 4.64. The molecule has 2 aliphatic heterocycles. The molecule has 0 radical (unpaired) electrons. The van der Waals surface area contributed by atoms with E-state index in [0.29, 0.717) is 0 Å². The normalized spacial score (nSPS) is 17.8. The average molecular weight is 355 g/mol. The highest BCUT2D eigenvalue weighted by Crippen LogP contribution is 2.40. The van der Waals surface area contributed by atoms with Gasteiger partial charge >= 0.3 is 0 Å². The third kappa shape index (κ3) is 3.24. The molecule has 25 heavy (non-hydrogen) atoms. The number of nitrogens with one attached hydrogen (secondary N) is 1. The second kappa shape index (κ2) is 7.06. The van der Waals surface area contributed by atoms with E-state index in [0.717, 1.165) is 61.3 Å². The first-order valence-corrected chi connectivity index (χ1v) is 9.29. The summed E-state index contributed by atoms with van der Waals surface area (Å²) >= 11 is 6.26. The van der Waals surface area contributed by atoms with Crippen molar-refractivity contribution in [2.24, 2.45) is 4.99 Å². The van der Waals surface area contributed by atoms with Crippen LogP contribution < -0.4 is 10.2 Å². The van der Waals surface area contributed by atoms with Crippen molar-refractivity contribution in [1.29, 1.82) is 0 Å². The molecule has 4 nitrogen and oxygen atoms in total. The molecule has 2 aliphatic rings. The van der Waals surface area contributed by atoms with Gasteiger partial charge in [0.05, 0.1) is 17.1 Å². The molecule has 0 saturated carbocycles. The Hall–Kier alpha value is -2.04. The van der Waals surface area contributed by atoms with E-state index < -0.39 is 0 Å². The highest BCUT2D eigenvalue weighted by molar-refractivity contribution is 6.31. The van der Waals surface area contributed by atoms with Gasteiger partial charge < -0.3 is 15.1 Å². The largest absolute Gasteiger partial charge is 0.356 e. The maximum Gasteiger partial charge on any atom is 0.138 e. The molecule has 5 heteroatoms. The number of halogens is 1. The van der Waals surface area contributed by atoms with E-state index in [9.17, 15) is 0 Å². The minimum absolute atomic E-state index is 0.720. The number of rotatable bonds is 0. The zero-order valence-electron chi connectivity index (χ0n) is 14.5. The van der Waals surface area contributed by atoms with E-state index >= 15 is 0 Å². The van der Waals surface area contributed by atoms with E-state index in [1.165, 1.54) is 11.3 Å². The molecule has 4 rings (SSSR count). The van der Waals surface area contributed by atoms with Gasteiger partial charge in [-0.2, -0.15) is 0 Å². The Morgan fingerprint density at radius 3 is 2.56 bits per heavy atom. The van der Waals surface area contributed by atoms with Gasteiger partial charge in [0.15, 0.2) is 0 Å². The Bertz CT molecular complexity index is 794. The molecule has 2 aromatic carbocycles. The van der Waals surface area contributed by atoms with E-state index in [1.807, 2.05) is 12.1 Å². The Balaban J connectivity index is 1.86. The molecule has 2 aromatic rings. The number of hydrogen-bond acceptors (Lipinski definition) is 4. The molecule has 0 atom stereocenters. The van der Waals surface area contributed by atoms with Gasteiger partial charge in [-0.15, -0.1) is 0 Å². The third-order valence-electron chi connectivity index (χ3n) is 4.89. The van der Waals surface area contributed by atoms with Gasteiger partial charge in [0.2, 0.25) is 0 Å². The highest BCUT2D eigenvalue weighted by atomic mass is 35.5. The topological polar surface area (TPSA) is 30.9 Å². The first-order valence-electron chi connectivity index (χ1n) is 8.91. The highest BCUT2D eigenvalue weighted by Gasteiger charge is 2.24. The molecule has 0 aromatic heterocycles. The van der Waals surface area contributed by atoms with Crippen LogP contribution in [0.15, 0.2) is 47.5 Å². The van der Waals surface area contributed by atoms with Crippen LogP contribution in [0.5, 0.6) is 0 Å². The number of nitrogens with zero attached hydrogens (tertiary/aromatic N) is 3. The minimum Gasteiger partial charge on any atom is -0.356 e. The van der Waals surface area contributed by atoms with Crippen molar-refractivity contribution in [2.45, 2.75) is 12.8 Å². The van der Waals surface area contributed by atoms with Crippen LogP contribution in [0.1, 0.15) is 18.4 Å². The lowest BCUT2D eigenvalue weighted by Crippen LogP contribution is -2.38. The lowest BCUT2D eigenvalue weighted by molar-refractivity contribution is 0.371. The maximum absolute atomic E-state index is 6.26. The Labute approximate surface area is 154 Å². The fraction of sp³-hybridized carbons (Fsp3) is 0.350. The van der Waals surface area contributed by atoms with Crippen molar-refractivity contribution in [3.63, 3.8) is 0 Å². The van der Waals surface area contributed by atoms with Gasteiger partial charge in [-0.3, -0.25) is 0 Å². The molecule has 130 valence electrons. The van der Waals surface area contributed by atoms with Crippen molar-refractivity contribution >= 4 is 34.5 Å². The monoisotopic (exact) mass is 354 g/mol. The molecule has 0 aliphatic carbocycles. The van der Waals surface area contributed by atoms with Crippen LogP contribution in [0, 0.1) is 0 Å². The van der Waals surface area contributed by atoms with Crippen LogP contribution in [0.2, 0.25) is 5.02 Å². The summed E-state index contributed by atoms with van der Waals surface area (Å²) in [6.45, 7) is 4.15. The van der Waals surface area contributed by atoms with E-state index in [-0.39, 0.29) is 0 Å². The average Bonchev–Trinajstić information content (AvgIpc) is 2.70. The molecule has 0 bridgehead atoms. The van der Waals surface area contributed by atoms with E-state index in [4.69, 9.17) is 16.6 Å². The number of anilines is 2. The second-order valence-corrected chi connectivity index (χ2v) is 7.03. The summed E-state index contributed by atoms with van der Waals surface area (Å²) in [7, 11) is 2.10. The van der Waals surface area contributed by atoms with Crippen molar-refractivity contribution in [3.05, 3.63) is 53.1 Å². The van der Waals surface area contributed by atoms with Crippen molar-refractivity contribution in [3.8, 4) is 0 Å². The van der Waals surface area contributed by atoms with Crippen LogP contribution in [0.4, 0.5) is 17.1 Å². The Morgan fingerprint density at radius 2 is 1.76 bits per heavy atom. The summed E-state index contributed by atoms with van der Waals surface area (Å²) in [5.74, 6) is 1.06. The van der Waals surface area contributed by atoms with E-state index in [2.05, 4.69) is 52.5 Å². The lowest BCUT2D eigenvalue weighted by atomic mass is 10.1. The second-order valence-electron chi connectivity index (χ2n) is 6.59. The predicted octanol–water partition coefficient (Wildman–Crippen LogP) is 4.19. The van der Waals surface area contributed by atoms with Gasteiger partial charge in [-0.1, -0.05) is 23.7 Å². The molecular formula is C20H23ClN4. The van der Waals surface area contributed by atoms with Crippen molar-refractivity contribution in [2.75, 3.05) is 38.1 Å². The number of fused-ring (bicyclic) bond motifs is 2. The smallest absolute Gasteiger partial charge is 0.138 e. The van der Waals surface area contributed by atoms with Crippen LogP contribution in [0.25, 0.3) is 0 Å². The molecule has 1 saturated heterocycles. The molecule has 0 spiro atoms. The summed E-state index contributed by atoms with van der Waals surface area (Å²) in [5.41, 5.74) is 4.38. The molecule has 1 N–H and O–H groups in total. The molecule has 0 unspecified atom stereocenters. The zero-order valence-corrected chi connectivity index (χ0v) is 15.3. The van der Waals surface area contributed by atoms with Gasteiger partial charge in [0.1, 0.15) is 5.84 Å². The first-order chi connectivity index (χ1) is 12.2. The number of benzene rings is 2. The Morgan fingerprint density at radius 1 is 1.00 bits per heavy atom. The van der Waals surface area contributed by atoms with Crippen LogP contribution >= 0.6 is 11.6 Å². The number of hydrogen-bond donors (Lipinski definition) is 1. The summed E-state index contributed by atoms with van der Waals surface area (Å²) in [4.78, 5) is 9.73. The number of para-hydroxylation sites is 1. The number of amidine groups is 1. The quantitative estimate of drug-likeness (QED) is 0.769. The molecule has 0 amide bonds. The predicted molar refractivity (Wildman–Crippen MR) is 106 cm³/mol. The summed E-state index contributed by atoms with van der Waals surface area (Å²) in [6, 6.07) is 14.5. The summed E-state index contributed by atoms with van der Waals surface area (Å²) in [6.07, 6.45) is 2.25. The third-order valence-corrected chi connectivity index (χ3v) is 5.13. The van der Waals surface area contributed by atoms with Gasteiger partial charge in [-0.25, -0.2) is 4.99 Å².